The van der Waals surface area contributed by atoms with Crippen LogP contribution in [0.4, 0.5) is 11.4 Å². The number of hydrogen-bond acceptors (Lipinski definition) is 4. The predicted octanol–water partition coefficient (Wildman–Crippen LogP) is 5.75. The van der Waals surface area contributed by atoms with Crippen molar-refractivity contribution >= 4 is 40.5 Å². The van der Waals surface area contributed by atoms with Gasteiger partial charge in [0.05, 0.1) is 10.6 Å². The fourth-order valence-corrected chi connectivity index (χ4v) is 3.99. The highest BCUT2D eigenvalue weighted by Crippen LogP contribution is 2.44. The van der Waals surface area contributed by atoms with Crippen LogP contribution in [0.3, 0.4) is 0 Å². The molecule has 1 amide bonds. The molecule has 0 spiro atoms. The van der Waals surface area contributed by atoms with Crippen LogP contribution in [0.5, 0.6) is 5.75 Å². The number of carbonyl (C=O) groups excluding carboxylic acids is 1. The molecule has 0 N–H and O–H groups in total. The largest absolute Gasteiger partial charge is 0.478 e. The maximum atomic E-state index is 13.1. The molecule has 0 radical (unpaired) electrons. The quantitative estimate of drug-likeness (QED) is 0.286. The number of non-ortho nitro benzene ring substituents is 1. The molecule has 0 unspecified atom stereocenters. The average molecular weight is 443 g/mol. The van der Waals surface area contributed by atoms with E-state index in [1.54, 1.807) is 42.5 Å². The SMILES string of the molecule is Cc1cc(Cl)ccc1O[C@H]1C(=O)N(c2cccc([N+](=O)[O-])c2)[C@@H]1c1ccccc1Cl. The van der Waals surface area contributed by atoms with Crippen molar-refractivity contribution in [2.75, 3.05) is 4.90 Å². The fraction of sp³-hybridized carbons (Fsp3) is 0.136. The van der Waals surface area contributed by atoms with Crippen molar-refractivity contribution in [2.24, 2.45) is 0 Å². The molecule has 0 aliphatic carbocycles. The molecule has 1 aliphatic rings. The minimum absolute atomic E-state index is 0.101. The first-order valence-electron chi connectivity index (χ1n) is 9.11. The molecule has 4 rings (SSSR count). The number of ether oxygens (including phenoxy) is 1. The maximum absolute atomic E-state index is 13.1. The van der Waals surface area contributed by atoms with Gasteiger partial charge in [0.1, 0.15) is 11.8 Å². The number of hydrogen-bond donors (Lipinski definition) is 0. The first-order valence-corrected chi connectivity index (χ1v) is 9.87. The Balaban J connectivity index is 1.74. The van der Waals surface area contributed by atoms with Gasteiger partial charge >= 0.3 is 0 Å². The highest BCUT2D eigenvalue weighted by atomic mass is 35.5. The molecular weight excluding hydrogens is 427 g/mol. The second-order valence-electron chi connectivity index (χ2n) is 6.90. The molecule has 3 aromatic carbocycles. The summed E-state index contributed by atoms with van der Waals surface area (Å²) in [6.07, 6.45) is -0.830. The van der Waals surface area contributed by atoms with Gasteiger partial charge in [0.25, 0.3) is 11.6 Å². The summed E-state index contributed by atoms with van der Waals surface area (Å²) in [6.45, 7) is 1.84. The van der Waals surface area contributed by atoms with E-state index in [1.807, 2.05) is 19.1 Å². The lowest BCUT2D eigenvalue weighted by atomic mass is 9.89. The number of nitro groups is 1. The molecule has 3 aromatic rings. The zero-order valence-corrected chi connectivity index (χ0v) is 17.3. The Kier molecular flexibility index (Phi) is 5.37. The van der Waals surface area contributed by atoms with Crippen LogP contribution in [0.2, 0.25) is 10.0 Å². The highest BCUT2D eigenvalue weighted by Gasteiger charge is 2.52. The van der Waals surface area contributed by atoms with Crippen LogP contribution in [-0.4, -0.2) is 16.9 Å². The van der Waals surface area contributed by atoms with Crippen LogP contribution in [0.15, 0.2) is 66.7 Å². The van der Waals surface area contributed by atoms with E-state index < -0.39 is 17.1 Å². The van der Waals surface area contributed by atoms with Gasteiger partial charge in [-0.05, 0) is 48.4 Å². The Morgan fingerprint density at radius 2 is 1.80 bits per heavy atom. The summed E-state index contributed by atoms with van der Waals surface area (Å²) in [4.78, 5) is 25.2. The van der Waals surface area contributed by atoms with Crippen LogP contribution < -0.4 is 9.64 Å². The van der Waals surface area contributed by atoms with Gasteiger partial charge in [0.2, 0.25) is 6.10 Å². The Labute approximate surface area is 182 Å². The molecule has 0 saturated carbocycles. The number of rotatable bonds is 5. The number of halogens is 2. The number of carbonyl (C=O) groups is 1. The zero-order valence-electron chi connectivity index (χ0n) is 15.8. The summed E-state index contributed by atoms with van der Waals surface area (Å²) >= 11 is 12.4. The van der Waals surface area contributed by atoms with E-state index in [4.69, 9.17) is 27.9 Å². The minimum Gasteiger partial charge on any atom is -0.478 e. The topological polar surface area (TPSA) is 72.7 Å². The van der Waals surface area contributed by atoms with Crippen molar-refractivity contribution < 1.29 is 14.5 Å². The fourth-order valence-electron chi connectivity index (χ4n) is 3.52. The normalized spacial score (nSPS) is 18.1. The third-order valence-corrected chi connectivity index (χ3v) is 5.56. The highest BCUT2D eigenvalue weighted by molar-refractivity contribution is 6.31. The lowest BCUT2D eigenvalue weighted by molar-refractivity contribution is -0.384. The Morgan fingerprint density at radius 1 is 1.03 bits per heavy atom. The van der Waals surface area contributed by atoms with Gasteiger partial charge in [-0.3, -0.25) is 19.8 Å². The first kappa shape index (κ1) is 20.2. The predicted molar refractivity (Wildman–Crippen MR) is 115 cm³/mol. The van der Waals surface area contributed by atoms with Crippen molar-refractivity contribution in [2.45, 2.75) is 19.1 Å². The molecule has 30 heavy (non-hydrogen) atoms. The first-order chi connectivity index (χ1) is 14.4. The van der Waals surface area contributed by atoms with E-state index in [0.717, 1.165) is 5.56 Å². The molecule has 0 aromatic heterocycles. The number of aryl methyl sites for hydroxylation is 1. The number of anilines is 1. The Bertz CT molecular complexity index is 1150. The van der Waals surface area contributed by atoms with E-state index in [0.29, 0.717) is 27.0 Å². The molecule has 152 valence electrons. The number of amides is 1. The molecule has 1 fully saturated rings. The van der Waals surface area contributed by atoms with E-state index in [1.165, 1.54) is 17.0 Å². The summed E-state index contributed by atoms with van der Waals surface area (Å²) in [6, 6.07) is 17.7. The van der Waals surface area contributed by atoms with Gasteiger partial charge in [-0.25, -0.2) is 0 Å². The Morgan fingerprint density at radius 3 is 2.50 bits per heavy atom. The zero-order chi connectivity index (χ0) is 21.4. The van der Waals surface area contributed by atoms with E-state index in [9.17, 15) is 14.9 Å². The molecular formula is C22H16Cl2N2O4. The molecule has 6 nitrogen and oxygen atoms in total. The number of β-lactam (4-membered cyclic amide) rings is 1. The van der Waals surface area contributed by atoms with Crippen LogP contribution in [-0.2, 0) is 4.79 Å². The smallest absolute Gasteiger partial charge is 0.271 e. The van der Waals surface area contributed by atoms with Gasteiger partial charge in [-0.1, -0.05) is 47.5 Å². The van der Waals surface area contributed by atoms with Crippen molar-refractivity contribution in [3.63, 3.8) is 0 Å². The van der Waals surface area contributed by atoms with E-state index in [-0.39, 0.29) is 11.6 Å². The summed E-state index contributed by atoms with van der Waals surface area (Å²) in [5.74, 6) is 0.225. The number of benzene rings is 3. The van der Waals surface area contributed by atoms with Crippen molar-refractivity contribution in [3.05, 3.63) is 98.0 Å². The lowest BCUT2D eigenvalue weighted by Gasteiger charge is -2.47. The van der Waals surface area contributed by atoms with Gasteiger partial charge in [0.15, 0.2) is 0 Å². The van der Waals surface area contributed by atoms with Crippen molar-refractivity contribution in [1.29, 1.82) is 0 Å². The van der Waals surface area contributed by atoms with Gasteiger partial charge in [0, 0.05) is 22.2 Å². The van der Waals surface area contributed by atoms with Crippen molar-refractivity contribution in [3.8, 4) is 5.75 Å². The van der Waals surface area contributed by atoms with E-state index >= 15 is 0 Å². The molecule has 1 heterocycles. The van der Waals surface area contributed by atoms with Gasteiger partial charge in [-0.2, -0.15) is 0 Å². The summed E-state index contributed by atoms with van der Waals surface area (Å²) in [5.41, 5.74) is 1.80. The molecule has 1 aliphatic heterocycles. The third-order valence-electron chi connectivity index (χ3n) is 4.98. The monoisotopic (exact) mass is 442 g/mol. The lowest BCUT2D eigenvalue weighted by Crippen LogP contribution is -2.61. The molecule has 8 heteroatoms. The van der Waals surface area contributed by atoms with Gasteiger partial charge < -0.3 is 4.74 Å². The molecule has 2 atom stereocenters. The van der Waals surface area contributed by atoms with Crippen LogP contribution >= 0.6 is 23.2 Å². The summed E-state index contributed by atoms with van der Waals surface area (Å²) in [7, 11) is 0. The second kappa shape index (κ2) is 7.97. The van der Waals surface area contributed by atoms with Crippen molar-refractivity contribution in [1.82, 2.24) is 0 Å². The summed E-state index contributed by atoms with van der Waals surface area (Å²) in [5, 5.41) is 12.2. The third kappa shape index (κ3) is 3.60. The number of nitrogens with zero attached hydrogens (tertiary/aromatic N) is 2. The molecule has 1 saturated heterocycles. The van der Waals surface area contributed by atoms with Gasteiger partial charge in [-0.15, -0.1) is 0 Å². The second-order valence-corrected chi connectivity index (χ2v) is 7.74. The van der Waals surface area contributed by atoms with E-state index in [2.05, 4.69) is 0 Å². The maximum Gasteiger partial charge on any atom is 0.271 e. The summed E-state index contributed by atoms with van der Waals surface area (Å²) < 4.78 is 6.06. The molecule has 0 bridgehead atoms. The van der Waals surface area contributed by atoms with Crippen LogP contribution in [0.25, 0.3) is 0 Å². The minimum atomic E-state index is -0.830. The van der Waals surface area contributed by atoms with Crippen LogP contribution in [0, 0.1) is 17.0 Å². The van der Waals surface area contributed by atoms with Crippen LogP contribution in [0.1, 0.15) is 17.2 Å². The Hall–Kier alpha value is -3.09. The standard InChI is InChI=1S/C22H16Cl2N2O4/c1-13-11-14(23)9-10-19(13)30-21-20(17-7-2-3-8-18(17)24)25(22(21)27)15-5-4-6-16(12-15)26(28)29/h2-12,20-21H,1H3/t20-,21-/m1/s1. The number of nitro benzene ring substituents is 1. The average Bonchev–Trinajstić information content (AvgIpc) is 2.72.